The van der Waals surface area contributed by atoms with Crippen molar-refractivity contribution in [3.63, 3.8) is 0 Å². The van der Waals surface area contributed by atoms with Crippen molar-refractivity contribution in [1.82, 2.24) is 20.6 Å². The van der Waals surface area contributed by atoms with Crippen molar-refractivity contribution >= 4 is 23.6 Å². The highest BCUT2D eigenvalue weighted by Crippen LogP contribution is 2.24. The molecule has 1 aromatic carbocycles. The molecule has 1 unspecified atom stereocenters. The number of nitrogens with zero attached hydrogens (tertiary/aromatic N) is 3. The van der Waals surface area contributed by atoms with Gasteiger partial charge in [0.1, 0.15) is 0 Å². The van der Waals surface area contributed by atoms with Gasteiger partial charge in [-0.25, -0.2) is 14.8 Å². The molecule has 0 bridgehead atoms. The number of rotatable bonds is 5. The minimum Gasteiger partial charge on any atom is -0.339 e. The van der Waals surface area contributed by atoms with Gasteiger partial charge in [0.25, 0.3) is 0 Å². The molecule has 6 nitrogen and oxygen atoms in total. The Morgan fingerprint density at radius 3 is 2.67 bits per heavy atom. The van der Waals surface area contributed by atoms with Crippen molar-refractivity contribution in [3.8, 4) is 0 Å². The summed E-state index contributed by atoms with van der Waals surface area (Å²) >= 11 is 5.96. The molecule has 2 aromatic rings. The maximum absolute atomic E-state index is 12.4. The van der Waals surface area contributed by atoms with Crippen LogP contribution in [0.4, 0.5) is 10.7 Å². The standard InChI is InChI=1S/C20H26ClN5O/c1-20(2,15-6-8-16(21)9-7-15)14-24-19(27)25-17-5-3-12-26(13-17)18-22-10-4-11-23-18/h4,6-11,17H,3,5,12-14H2,1-2H3,(H2,24,25,27). The van der Waals surface area contributed by atoms with Crippen molar-refractivity contribution in [3.05, 3.63) is 53.3 Å². The molecule has 2 N–H and O–H groups in total. The van der Waals surface area contributed by atoms with Gasteiger partial charge in [0.2, 0.25) is 5.95 Å². The summed E-state index contributed by atoms with van der Waals surface area (Å²) in [6.45, 7) is 6.38. The molecule has 1 aliphatic rings. The van der Waals surface area contributed by atoms with E-state index in [0.29, 0.717) is 17.5 Å². The van der Waals surface area contributed by atoms with Crippen molar-refractivity contribution < 1.29 is 4.79 Å². The van der Waals surface area contributed by atoms with Gasteiger partial charge in [0.05, 0.1) is 0 Å². The van der Waals surface area contributed by atoms with E-state index < -0.39 is 0 Å². The first-order valence-electron chi connectivity index (χ1n) is 9.26. The predicted octanol–water partition coefficient (Wildman–Crippen LogP) is 3.38. The van der Waals surface area contributed by atoms with Gasteiger partial charge >= 0.3 is 6.03 Å². The van der Waals surface area contributed by atoms with E-state index in [9.17, 15) is 4.79 Å². The average Bonchev–Trinajstić information content (AvgIpc) is 2.68. The first-order chi connectivity index (χ1) is 12.9. The predicted molar refractivity (Wildman–Crippen MR) is 108 cm³/mol. The van der Waals surface area contributed by atoms with E-state index >= 15 is 0 Å². The largest absolute Gasteiger partial charge is 0.339 e. The summed E-state index contributed by atoms with van der Waals surface area (Å²) in [5.74, 6) is 0.716. The Kier molecular flexibility index (Phi) is 6.16. The van der Waals surface area contributed by atoms with Crippen molar-refractivity contribution in [1.29, 1.82) is 0 Å². The second kappa shape index (κ2) is 8.57. The van der Waals surface area contributed by atoms with Crippen LogP contribution in [-0.4, -0.2) is 41.7 Å². The molecule has 1 atom stereocenters. The molecule has 3 rings (SSSR count). The molecule has 1 aliphatic heterocycles. The van der Waals surface area contributed by atoms with Gasteiger partial charge in [0, 0.05) is 48.5 Å². The molecule has 0 saturated carbocycles. The Morgan fingerprint density at radius 1 is 1.26 bits per heavy atom. The van der Waals surface area contributed by atoms with Crippen LogP contribution in [0.1, 0.15) is 32.3 Å². The van der Waals surface area contributed by atoms with Crippen LogP contribution in [0.25, 0.3) is 0 Å². The lowest BCUT2D eigenvalue weighted by Gasteiger charge is -2.33. The summed E-state index contributed by atoms with van der Waals surface area (Å²) in [5, 5.41) is 6.80. The number of halogens is 1. The van der Waals surface area contributed by atoms with Crippen molar-refractivity contribution in [2.45, 2.75) is 38.1 Å². The van der Waals surface area contributed by atoms with Crippen molar-refractivity contribution in [2.75, 3.05) is 24.5 Å². The fraction of sp³-hybridized carbons (Fsp3) is 0.450. The fourth-order valence-corrected chi connectivity index (χ4v) is 3.40. The molecule has 1 aromatic heterocycles. The molecule has 27 heavy (non-hydrogen) atoms. The Balaban J connectivity index is 1.50. The zero-order valence-electron chi connectivity index (χ0n) is 15.8. The molecule has 0 spiro atoms. The van der Waals surface area contributed by atoms with Gasteiger partial charge in [-0.1, -0.05) is 37.6 Å². The zero-order valence-corrected chi connectivity index (χ0v) is 16.5. The molecule has 144 valence electrons. The van der Waals surface area contributed by atoms with Gasteiger partial charge in [-0.05, 0) is 36.6 Å². The minimum atomic E-state index is -0.182. The van der Waals surface area contributed by atoms with Crippen LogP contribution in [-0.2, 0) is 5.41 Å². The summed E-state index contributed by atoms with van der Waals surface area (Å²) in [6, 6.07) is 9.50. The number of carbonyl (C=O) groups is 1. The number of hydrogen-bond donors (Lipinski definition) is 2. The summed E-state index contributed by atoms with van der Waals surface area (Å²) < 4.78 is 0. The van der Waals surface area contributed by atoms with Crippen molar-refractivity contribution in [2.24, 2.45) is 0 Å². The SMILES string of the molecule is CC(C)(CNC(=O)NC1CCCN(c2ncccn2)C1)c1ccc(Cl)cc1. The average molecular weight is 388 g/mol. The van der Waals surface area contributed by atoms with E-state index in [1.165, 1.54) is 0 Å². The van der Waals surface area contributed by atoms with Crippen LogP contribution in [0.3, 0.4) is 0 Å². The molecule has 7 heteroatoms. The minimum absolute atomic E-state index is 0.0844. The number of carbonyl (C=O) groups excluding carboxylic acids is 1. The van der Waals surface area contributed by atoms with Gasteiger partial charge in [0.15, 0.2) is 0 Å². The lowest BCUT2D eigenvalue weighted by molar-refractivity contribution is 0.232. The third-order valence-corrected chi connectivity index (χ3v) is 5.16. The maximum atomic E-state index is 12.4. The first-order valence-corrected chi connectivity index (χ1v) is 9.64. The first kappa shape index (κ1) is 19.4. The summed E-state index contributed by atoms with van der Waals surface area (Å²) in [5.41, 5.74) is 0.954. The number of benzene rings is 1. The second-order valence-electron chi connectivity index (χ2n) is 7.55. The molecule has 2 heterocycles. The van der Waals surface area contributed by atoms with Crippen LogP contribution in [0.5, 0.6) is 0 Å². The maximum Gasteiger partial charge on any atom is 0.315 e. The summed E-state index contributed by atoms with van der Waals surface area (Å²) in [6.07, 6.45) is 5.44. The summed E-state index contributed by atoms with van der Waals surface area (Å²) in [4.78, 5) is 23.1. The highest BCUT2D eigenvalue weighted by atomic mass is 35.5. The Labute approximate surface area is 165 Å². The summed E-state index contributed by atoms with van der Waals surface area (Å²) in [7, 11) is 0. The Morgan fingerprint density at radius 2 is 1.96 bits per heavy atom. The van der Waals surface area contributed by atoms with Crippen LogP contribution in [0.2, 0.25) is 5.02 Å². The van der Waals surface area contributed by atoms with E-state index in [4.69, 9.17) is 11.6 Å². The molecule has 0 radical (unpaired) electrons. The quantitative estimate of drug-likeness (QED) is 0.825. The van der Waals surface area contributed by atoms with Gasteiger partial charge in [-0.2, -0.15) is 0 Å². The monoisotopic (exact) mass is 387 g/mol. The normalized spacial score (nSPS) is 17.4. The molecular weight excluding hydrogens is 362 g/mol. The second-order valence-corrected chi connectivity index (χ2v) is 7.99. The topological polar surface area (TPSA) is 70.2 Å². The van der Waals surface area contributed by atoms with E-state index in [0.717, 1.165) is 31.5 Å². The highest BCUT2D eigenvalue weighted by Gasteiger charge is 2.25. The number of anilines is 1. The van der Waals surface area contributed by atoms with Gasteiger partial charge in [-0.15, -0.1) is 0 Å². The zero-order chi connectivity index (χ0) is 19.3. The lowest BCUT2D eigenvalue weighted by Crippen LogP contribution is -2.52. The molecule has 0 aliphatic carbocycles. The highest BCUT2D eigenvalue weighted by molar-refractivity contribution is 6.30. The van der Waals surface area contributed by atoms with E-state index in [1.54, 1.807) is 18.5 Å². The fourth-order valence-electron chi connectivity index (χ4n) is 3.27. The Bertz CT molecular complexity index is 751. The van der Waals surface area contributed by atoms with E-state index in [-0.39, 0.29) is 17.5 Å². The lowest BCUT2D eigenvalue weighted by atomic mass is 9.85. The molecule has 2 amide bonds. The number of aromatic nitrogens is 2. The van der Waals surface area contributed by atoms with Crippen LogP contribution in [0, 0.1) is 0 Å². The van der Waals surface area contributed by atoms with Gasteiger partial charge < -0.3 is 15.5 Å². The van der Waals surface area contributed by atoms with Crippen LogP contribution < -0.4 is 15.5 Å². The Hall–Kier alpha value is -2.34. The van der Waals surface area contributed by atoms with E-state index in [2.05, 4.69) is 39.3 Å². The molecule has 1 saturated heterocycles. The number of nitrogens with one attached hydrogen (secondary N) is 2. The number of amides is 2. The molecule has 1 fully saturated rings. The van der Waals surface area contributed by atoms with Crippen LogP contribution in [0.15, 0.2) is 42.7 Å². The van der Waals surface area contributed by atoms with E-state index in [1.807, 2.05) is 24.3 Å². The third kappa shape index (κ3) is 5.32. The number of piperidine rings is 1. The number of urea groups is 1. The smallest absolute Gasteiger partial charge is 0.315 e. The third-order valence-electron chi connectivity index (χ3n) is 4.91. The van der Waals surface area contributed by atoms with Crippen LogP contribution >= 0.6 is 11.6 Å². The number of hydrogen-bond acceptors (Lipinski definition) is 4. The molecular formula is C20H26ClN5O. The van der Waals surface area contributed by atoms with Gasteiger partial charge in [-0.3, -0.25) is 0 Å².